The van der Waals surface area contributed by atoms with Crippen LogP contribution < -0.4 is 24.8 Å². The summed E-state index contributed by atoms with van der Waals surface area (Å²) in [7, 11) is 0. The molecule has 0 bridgehead atoms. The molecule has 2 aromatic rings. The van der Waals surface area contributed by atoms with Gasteiger partial charge in [0.2, 0.25) is 0 Å². The second-order valence-corrected chi connectivity index (χ2v) is 3.42. The fourth-order valence-electron chi connectivity index (χ4n) is 1.49. The molecular weight excluding hydrogens is 301 g/mol. The predicted octanol–water partition coefficient (Wildman–Crippen LogP) is -2.41. The average molecular weight is 314 g/mol. The van der Waals surface area contributed by atoms with Crippen LogP contribution in [0.15, 0.2) is 42.5 Å². The number of aromatic nitrogens is 1. The second kappa shape index (κ2) is 10.5. The summed E-state index contributed by atoms with van der Waals surface area (Å²) >= 11 is 0. The van der Waals surface area contributed by atoms with Crippen molar-refractivity contribution in [2.75, 3.05) is 0 Å². The van der Waals surface area contributed by atoms with Crippen LogP contribution in [0.2, 0.25) is 0 Å². The van der Waals surface area contributed by atoms with Crippen molar-refractivity contribution in [2.45, 2.75) is 13.3 Å². The second-order valence-electron chi connectivity index (χ2n) is 3.42. The number of aromatic amines is 1. The Hall–Kier alpha value is -0.466. The molecule has 92 valence electrons. The first-order chi connectivity index (χ1) is 7.38. The number of H-pyrrole nitrogens is 1. The molecule has 0 fully saturated rings. The summed E-state index contributed by atoms with van der Waals surface area (Å²) in [5.41, 5.74) is 2.36. The maximum Gasteiger partial charge on any atom is 4.00 e. The summed E-state index contributed by atoms with van der Waals surface area (Å²) in [5, 5.41) is 1.27. The molecule has 1 aromatic heterocycles. The van der Waals surface area contributed by atoms with Crippen molar-refractivity contribution in [3.05, 3.63) is 60.3 Å². The molecule has 0 amide bonds. The van der Waals surface area contributed by atoms with Crippen molar-refractivity contribution in [1.82, 2.24) is 4.98 Å². The van der Waals surface area contributed by atoms with E-state index in [0.717, 1.165) is 6.42 Å². The van der Waals surface area contributed by atoms with E-state index in [9.17, 15) is 0 Å². The molecule has 0 atom stereocenters. The Morgan fingerprint density at radius 1 is 1.17 bits per heavy atom. The molecule has 1 heterocycles. The third-order valence-corrected chi connectivity index (χ3v) is 2.30. The molecule has 1 aromatic carbocycles. The summed E-state index contributed by atoms with van der Waals surface area (Å²) in [6.07, 6.45) is 13.1. The minimum absolute atomic E-state index is 0. The summed E-state index contributed by atoms with van der Waals surface area (Å²) in [6, 6.07) is 8.21. The quantitative estimate of drug-likeness (QED) is 0.412. The number of hydrogen-bond donors (Lipinski definition) is 1. The van der Waals surface area contributed by atoms with Gasteiger partial charge in [-0.2, -0.15) is 17.0 Å². The third kappa shape index (κ3) is 5.45. The molecule has 1 aliphatic rings. The third-order valence-electron chi connectivity index (χ3n) is 2.30. The number of para-hydroxylation sites is 1. The molecule has 0 radical (unpaired) electrons. The summed E-state index contributed by atoms with van der Waals surface area (Å²) in [5.74, 6) is 0. The number of nitrogens with one attached hydrogen (secondary N) is 1. The fraction of sp³-hybridized carbons (Fsp3) is 0.143. The van der Waals surface area contributed by atoms with Gasteiger partial charge >= 0.3 is 21.7 Å². The number of rotatable bonds is 0. The molecule has 18 heavy (non-hydrogen) atoms. The molecule has 1 aliphatic carbocycles. The number of hydrogen-bond acceptors (Lipinski definition) is 0. The van der Waals surface area contributed by atoms with Crippen molar-refractivity contribution >= 4 is 10.9 Å². The SMILES string of the molecule is Cc1[c-][nH]c2ccccc12.[C-]1=CC=CC1.[Cl-].[Cl-].[Ti+4]. The van der Waals surface area contributed by atoms with Gasteiger partial charge < -0.3 is 29.8 Å². The van der Waals surface area contributed by atoms with Gasteiger partial charge in [0.05, 0.1) is 0 Å². The van der Waals surface area contributed by atoms with E-state index >= 15 is 0 Å². The van der Waals surface area contributed by atoms with Crippen LogP contribution in [0, 0.1) is 19.2 Å². The molecule has 1 N–H and O–H groups in total. The number of fused-ring (bicyclic) bond motifs is 1. The van der Waals surface area contributed by atoms with E-state index in [1.54, 1.807) is 0 Å². The molecule has 4 heteroatoms. The van der Waals surface area contributed by atoms with E-state index in [0.29, 0.717) is 0 Å². The molecule has 0 saturated carbocycles. The molecular formula is C14H13Cl2NTi. The zero-order chi connectivity index (χ0) is 10.5. The van der Waals surface area contributed by atoms with E-state index in [-0.39, 0.29) is 46.5 Å². The van der Waals surface area contributed by atoms with E-state index in [1.165, 1.54) is 16.5 Å². The Bertz CT molecular complexity index is 493. The van der Waals surface area contributed by atoms with Crippen LogP contribution in [0.25, 0.3) is 10.9 Å². The van der Waals surface area contributed by atoms with Crippen LogP contribution in [-0.4, -0.2) is 4.98 Å². The molecule has 0 aliphatic heterocycles. The monoisotopic (exact) mass is 313 g/mol. The number of aryl methyl sites for hydroxylation is 1. The van der Waals surface area contributed by atoms with Gasteiger partial charge in [-0.25, -0.2) is 12.2 Å². The summed E-state index contributed by atoms with van der Waals surface area (Å²) < 4.78 is 0. The van der Waals surface area contributed by atoms with Crippen molar-refractivity contribution in [2.24, 2.45) is 0 Å². The first kappa shape index (κ1) is 19.9. The normalized spacial score (nSPS) is 10.7. The van der Waals surface area contributed by atoms with E-state index < -0.39 is 0 Å². The largest absolute Gasteiger partial charge is 4.00 e. The van der Waals surface area contributed by atoms with Gasteiger partial charge in [0.15, 0.2) is 0 Å². The zero-order valence-corrected chi connectivity index (χ0v) is 13.1. The summed E-state index contributed by atoms with van der Waals surface area (Å²) in [6.45, 7) is 2.05. The summed E-state index contributed by atoms with van der Waals surface area (Å²) in [4.78, 5) is 3.06. The molecule has 1 nitrogen and oxygen atoms in total. The van der Waals surface area contributed by atoms with Crippen molar-refractivity contribution in [3.63, 3.8) is 0 Å². The number of benzene rings is 1. The smallest absolute Gasteiger partial charge is 1.00 e. The standard InChI is InChI=1S/C9H8N.C5H5.2ClH.Ti/c1-7-6-10-9-5-3-2-4-8(7)9;1-2-4-5-3-1;;;/h2-5,10H,1H3;1-3H,4H2;2*1H;/q2*-1;;;+4/p-2. The minimum Gasteiger partial charge on any atom is -1.00 e. The van der Waals surface area contributed by atoms with E-state index in [1.807, 2.05) is 24.3 Å². The van der Waals surface area contributed by atoms with Crippen LogP contribution in [0.4, 0.5) is 0 Å². The van der Waals surface area contributed by atoms with Gasteiger partial charge in [-0.05, 0) is 0 Å². The van der Waals surface area contributed by atoms with Crippen molar-refractivity contribution < 1.29 is 46.5 Å². The van der Waals surface area contributed by atoms with Crippen LogP contribution in [-0.2, 0) is 21.7 Å². The fourth-order valence-corrected chi connectivity index (χ4v) is 1.49. The van der Waals surface area contributed by atoms with Gasteiger partial charge in [0.25, 0.3) is 0 Å². The number of halogens is 2. The average Bonchev–Trinajstić information content (AvgIpc) is 2.92. The van der Waals surface area contributed by atoms with Crippen LogP contribution in [0.1, 0.15) is 12.0 Å². The maximum absolute atomic E-state index is 3.06. The topological polar surface area (TPSA) is 15.8 Å². The van der Waals surface area contributed by atoms with Gasteiger partial charge in [-0.15, -0.1) is 30.3 Å². The Kier molecular flexibility index (Phi) is 11.5. The Morgan fingerprint density at radius 2 is 1.89 bits per heavy atom. The van der Waals surface area contributed by atoms with Crippen LogP contribution in [0.5, 0.6) is 0 Å². The van der Waals surface area contributed by atoms with Crippen molar-refractivity contribution in [3.8, 4) is 0 Å². The zero-order valence-electron chi connectivity index (χ0n) is 10.0. The molecule has 3 rings (SSSR count). The van der Waals surface area contributed by atoms with Crippen molar-refractivity contribution in [1.29, 1.82) is 0 Å². The van der Waals surface area contributed by atoms with E-state index in [4.69, 9.17) is 0 Å². The molecule has 0 spiro atoms. The maximum atomic E-state index is 3.06. The minimum atomic E-state index is 0. The van der Waals surface area contributed by atoms with Crippen LogP contribution >= 0.6 is 0 Å². The Labute approximate surface area is 135 Å². The molecule has 0 unspecified atom stereocenters. The van der Waals surface area contributed by atoms with Crippen LogP contribution in [0.3, 0.4) is 0 Å². The Balaban J connectivity index is 0. The Morgan fingerprint density at radius 3 is 2.39 bits per heavy atom. The first-order valence-corrected chi connectivity index (χ1v) is 5.04. The molecule has 0 saturated heterocycles. The van der Waals surface area contributed by atoms with Gasteiger partial charge in [0.1, 0.15) is 0 Å². The predicted molar refractivity (Wildman–Crippen MR) is 63.4 cm³/mol. The first-order valence-electron chi connectivity index (χ1n) is 5.04. The van der Waals surface area contributed by atoms with E-state index in [2.05, 4.69) is 42.4 Å². The number of allylic oxidation sites excluding steroid dienone is 4. The van der Waals surface area contributed by atoms with Gasteiger partial charge in [-0.1, -0.05) is 19.1 Å². The van der Waals surface area contributed by atoms with Gasteiger partial charge in [-0.3, -0.25) is 6.08 Å². The van der Waals surface area contributed by atoms with Gasteiger partial charge in [0, 0.05) is 0 Å².